The highest BCUT2D eigenvalue weighted by Gasteiger charge is 2.38. The van der Waals surface area contributed by atoms with E-state index in [4.69, 9.17) is 13.6 Å². The minimum atomic E-state index is -3.90. The number of phenolic OH excluding ortho intramolecular Hbond substituents is 1. The fraction of sp³-hybridized carbons (Fsp3) is 0.333. The Morgan fingerprint density at radius 1 is 1.06 bits per heavy atom. The summed E-state index contributed by atoms with van der Waals surface area (Å²) in [6.07, 6.45) is 4.21. The molecule has 33 heavy (non-hydrogen) atoms. The highest BCUT2D eigenvalue weighted by Crippen LogP contribution is 2.58. The smallest absolute Gasteiger partial charge is 0.507 e. The van der Waals surface area contributed by atoms with Crippen molar-refractivity contribution in [3.63, 3.8) is 0 Å². The van der Waals surface area contributed by atoms with Gasteiger partial charge in [-0.15, -0.1) is 0 Å². The average Bonchev–Trinajstić information content (AvgIpc) is 2.79. The SMILES string of the molecule is CCCCCc1cc(O)c(-c2cccc(C)c2)c(OP2(=O)OCCC(c3ccccc3)O2)c1. The second-order valence-electron chi connectivity index (χ2n) is 8.48. The van der Waals surface area contributed by atoms with Crippen LogP contribution in [0.25, 0.3) is 11.1 Å². The summed E-state index contributed by atoms with van der Waals surface area (Å²) in [4.78, 5) is 0. The van der Waals surface area contributed by atoms with Gasteiger partial charge in [-0.1, -0.05) is 79.9 Å². The highest BCUT2D eigenvalue weighted by molar-refractivity contribution is 7.49. The number of aryl methyl sites for hydroxylation is 2. The zero-order valence-electron chi connectivity index (χ0n) is 19.2. The largest absolute Gasteiger partial charge is 0.530 e. The molecule has 0 bridgehead atoms. The van der Waals surface area contributed by atoms with E-state index in [0.717, 1.165) is 47.9 Å². The molecule has 0 saturated carbocycles. The van der Waals surface area contributed by atoms with Crippen LogP contribution in [0.15, 0.2) is 66.7 Å². The van der Waals surface area contributed by atoms with E-state index in [-0.39, 0.29) is 18.5 Å². The molecule has 0 aliphatic carbocycles. The van der Waals surface area contributed by atoms with Gasteiger partial charge < -0.3 is 9.63 Å². The first-order valence-electron chi connectivity index (χ1n) is 11.6. The number of phosphoric ester groups is 1. The number of phenols is 1. The Labute approximate surface area is 196 Å². The van der Waals surface area contributed by atoms with Crippen molar-refractivity contribution in [2.45, 2.75) is 52.1 Å². The lowest BCUT2D eigenvalue weighted by atomic mass is 9.98. The summed E-state index contributed by atoms with van der Waals surface area (Å²) in [5.74, 6) is 0.400. The predicted molar refractivity (Wildman–Crippen MR) is 131 cm³/mol. The lowest BCUT2D eigenvalue weighted by Gasteiger charge is -2.29. The summed E-state index contributed by atoms with van der Waals surface area (Å²) in [6, 6.07) is 21.1. The monoisotopic (exact) mass is 466 g/mol. The van der Waals surface area contributed by atoms with Crippen molar-refractivity contribution in [1.29, 1.82) is 0 Å². The van der Waals surface area contributed by atoms with Crippen LogP contribution in [0.2, 0.25) is 0 Å². The van der Waals surface area contributed by atoms with Gasteiger partial charge in [0.25, 0.3) is 0 Å². The Morgan fingerprint density at radius 3 is 2.64 bits per heavy atom. The minimum absolute atomic E-state index is 0.0906. The number of hydrogen-bond acceptors (Lipinski definition) is 5. The Hall–Kier alpha value is -2.59. The summed E-state index contributed by atoms with van der Waals surface area (Å²) in [6.45, 7) is 4.40. The summed E-state index contributed by atoms with van der Waals surface area (Å²) < 4.78 is 31.0. The maximum atomic E-state index is 13.6. The molecule has 1 aliphatic heterocycles. The van der Waals surface area contributed by atoms with Crippen LogP contribution >= 0.6 is 7.82 Å². The molecule has 1 N–H and O–H groups in total. The van der Waals surface area contributed by atoms with Crippen LogP contribution in [0.5, 0.6) is 11.5 Å². The van der Waals surface area contributed by atoms with E-state index in [9.17, 15) is 9.67 Å². The third kappa shape index (κ3) is 5.86. The highest BCUT2D eigenvalue weighted by atomic mass is 31.2. The fourth-order valence-electron chi connectivity index (χ4n) is 4.12. The van der Waals surface area contributed by atoms with Crippen LogP contribution in [-0.2, 0) is 20.0 Å². The normalized spacial score (nSPS) is 20.5. The number of rotatable bonds is 8. The Bertz CT molecular complexity index is 1130. The van der Waals surface area contributed by atoms with Gasteiger partial charge in [-0.05, 0) is 48.6 Å². The molecule has 174 valence electrons. The first-order valence-corrected chi connectivity index (χ1v) is 13.0. The van der Waals surface area contributed by atoms with Gasteiger partial charge in [-0.3, -0.25) is 9.05 Å². The van der Waals surface area contributed by atoms with Gasteiger partial charge in [0.15, 0.2) is 0 Å². The molecule has 2 atom stereocenters. The Balaban J connectivity index is 1.68. The van der Waals surface area contributed by atoms with E-state index in [1.807, 2.05) is 67.6 Å². The van der Waals surface area contributed by atoms with E-state index in [2.05, 4.69) is 6.92 Å². The molecule has 0 amide bonds. The number of benzene rings is 3. The van der Waals surface area contributed by atoms with Crippen LogP contribution in [0.3, 0.4) is 0 Å². The van der Waals surface area contributed by atoms with Crippen molar-refractivity contribution in [3.8, 4) is 22.6 Å². The topological polar surface area (TPSA) is 65.0 Å². The molecule has 0 aromatic heterocycles. The van der Waals surface area contributed by atoms with Crippen molar-refractivity contribution in [2.75, 3.05) is 6.61 Å². The minimum Gasteiger partial charge on any atom is -0.507 e. The molecule has 3 aromatic carbocycles. The van der Waals surface area contributed by atoms with Crippen LogP contribution in [0.1, 0.15) is 55.4 Å². The molecule has 2 unspecified atom stereocenters. The maximum absolute atomic E-state index is 13.6. The quantitative estimate of drug-likeness (QED) is 0.271. The Kier molecular flexibility index (Phi) is 7.54. The zero-order chi connectivity index (χ0) is 23.3. The van der Waals surface area contributed by atoms with Crippen LogP contribution in [0.4, 0.5) is 0 Å². The van der Waals surface area contributed by atoms with Gasteiger partial charge in [0.1, 0.15) is 11.5 Å². The third-order valence-corrected chi connectivity index (χ3v) is 7.22. The van der Waals surface area contributed by atoms with Crippen molar-refractivity contribution in [1.82, 2.24) is 0 Å². The number of hydrogen-bond donors (Lipinski definition) is 1. The molecule has 1 aliphatic rings. The molecular weight excluding hydrogens is 435 g/mol. The molecular formula is C27H31O5P. The van der Waals surface area contributed by atoms with Crippen LogP contribution < -0.4 is 4.52 Å². The molecule has 4 rings (SSSR count). The second-order valence-corrected chi connectivity index (χ2v) is 10.0. The summed E-state index contributed by atoms with van der Waals surface area (Å²) in [7, 11) is -3.90. The van der Waals surface area contributed by atoms with Gasteiger partial charge in [0.05, 0.1) is 18.3 Å². The lowest BCUT2D eigenvalue weighted by Crippen LogP contribution is -2.16. The lowest BCUT2D eigenvalue weighted by molar-refractivity contribution is 0.0510. The van der Waals surface area contributed by atoms with Gasteiger partial charge in [-0.2, -0.15) is 0 Å². The van der Waals surface area contributed by atoms with Crippen molar-refractivity contribution in [3.05, 3.63) is 83.4 Å². The molecule has 5 nitrogen and oxygen atoms in total. The summed E-state index contributed by atoms with van der Waals surface area (Å²) in [5, 5.41) is 11.0. The number of aromatic hydroxyl groups is 1. The van der Waals surface area contributed by atoms with Crippen LogP contribution in [0, 0.1) is 6.92 Å². The van der Waals surface area contributed by atoms with E-state index in [1.165, 1.54) is 0 Å². The maximum Gasteiger partial charge on any atom is 0.530 e. The van der Waals surface area contributed by atoms with Crippen LogP contribution in [-0.4, -0.2) is 11.7 Å². The van der Waals surface area contributed by atoms with Gasteiger partial charge in [0.2, 0.25) is 0 Å². The van der Waals surface area contributed by atoms with Gasteiger partial charge >= 0.3 is 7.82 Å². The van der Waals surface area contributed by atoms with Crippen molar-refractivity contribution < 1.29 is 23.2 Å². The predicted octanol–water partition coefficient (Wildman–Crippen LogP) is 7.77. The van der Waals surface area contributed by atoms with E-state index < -0.39 is 7.82 Å². The van der Waals surface area contributed by atoms with E-state index in [1.54, 1.807) is 6.07 Å². The molecule has 6 heteroatoms. The summed E-state index contributed by atoms with van der Waals surface area (Å²) >= 11 is 0. The zero-order valence-corrected chi connectivity index (χ0v) is 20.1. The molecule has 0 radical (unpaired) electrons. The van der Waals surface area contributed by atoms with Gasteiger partial charge in [0, 0.05) is 6.42 Å². The summed E-state index contributed by atoms with van der Waals surface area (Å²) in [5.41, 5.74) is 4.18. The van der Waals surface area contributed by atoms with E-state index >= 15 is 0 Å². The molecule has 1 saturated heterocycles. The van der Waals surface area contributed by atoms with Crippen molar-refractivity contribution >= 4 is 7.82 Å². The molecule has 3 aromatic rings. The Morgan fingerprint density at radius 2 is 1.88 bits per heavy atom. The first-order chi connectivity index (χ1) is 16.0. The van der Waals surface area contributed by atoms with Crippen molar-refractivity contribution in [2.24, 2.45) is 0 Å². The number of phosphoric acid groups is 1. The standard InChI is InChI=1S/C27H31O5P/c1-3-4-6-11-21-18-24(28)27(23-14-9-10-20(2)17-23)26(19-21)32-33(29)30-16-15-25(31-33)22-12-7-5-8-13-22/h5,7-10,12-14,17-19,25,28H,3-4,6,11,15-16H2,1-2H3. The first kappa shape index (κ1) is 23.6. The second kappa shape index (κ2) is 10.6. The van der Waals surface area contributed by atoms with E-state index in [0.29, 0.717) is 17.7 Å². The third-order valence-electron chi connectivity index (χ3n) is 5.78. The molecule has 1 fully saturated rings. The average molecular weight is 467 g/mol. The molecule has 1 heterocycles. The van der Waals surface area contributed by atoms with Gasteiger partial charge in [-0.25, -0.2) is 4.57 Å². The number of unbranched alkanes of at least 4 members (excludes halogenated alkanes) is 2. The fourth-order valence-corrected chi connectivity index (χ4v) is 5.53. The molecule has 0 spiro atoms.